The maximum absolute atomic E-state index is 12.7. The lowest BCUT2D eigenvalue weighted by molar-refractivity contribution is 0.592. The van der Waals surface area contributed by atoms with Crippen molar-refractivity contribution in [1.82, 2.24) is 0 Å². The van der Waals surface area contributed by atoms with Crippen LogP contribution in [0.25, 0.3) is 0 Å². The van der Waals surface area contributed by atoms with E-state index in [0.29, 0.717) is 17.9 Å². The average Bonchev–Trinajstić information content (AvgIpc) is 2.61. The summed E-state index contributed by atoms with van der Waals surface area (Å²) >= 11 is 0. The van der Waals surface area contributed by atoms with Crippen molar-refractivity contribution >= 4 is 31.4 Å². The van der Waals surface area contributed by atoms with E-state index in [9.17, 15) is 16.8 Å². The summed E-state index contributed by atoms with van der Waals surface area (Å²) in [5.41, 5.74) is 2.89. The van der Waals surface area contributed by atoms with Gasteiger partial charge in [0.05, 0.1) is 22.5 Å². The van der Waals surface area contributed by atoms with E-state index >= 15 is 0 Å². The van der Waals surface area contributed by atoms with E-state index in [0.717, 1.165) is 43.1 Å². The molecular weight excluding hydrogens is 384 g/mol. The summed E-state index contributed by atoms with van der Waals surface area (Å²) in [6.45, 7) is 2.48. The first-order valence-electron chi connectivity index (χ1n) is 8.93. The molecule has 0 unspecified atom stereocenters. The maximum atomic E-state index is 12.7. The second-order valence-electron chi connectivity index (χ2n) is 6.78. The summed E-state index contributed by atoms with van der Waals surface area (Å²) in [6.07, 6.45) is 4.58. The Morgan fingerprint density at radius 3 is 2.37 bits per heavy atom. The molecular formula is C19H24N2O4S2. The van der Waals surface area contributed by atoms with E-state index in [-0.39, 0.29) is 4.90 Å². The number of nitrogens with zero attached hydrogens (tertiary/aromatic N) is 1. The van der Waals surface area contributed by atoms with Crippen molar-refractivity contribution in [2.45, 2.75) is 37.5 Å². The molecule has 2 aromatic rings. The minimum atomic E-state index is -3.74. The predicted molar refractivity (Wildman–Crippen MR) is 108 cm³/mol. The van der Waals surface area contributed by atoms with Gasteiger partial charge in [0.2, 0.25) is 10.0 Å². The van der Waals surface area contributed by atoms with Crippen LogP contribution in [0, 0.1) is 0 Å². The maximum Gasteiger partial charge on any atom is 0.261 e. The Morgan fingerprint density at radius 1 is 1.04 bits per heavy atom. The number of rotatable bonds is 6. The van der Waals surface area contributed by atoms with Gasteiger partial charge in [0.1, 0.15) is 0 Å². The van der Waals surface area contributed by atoms with Crippen LogP contribution in [0.5, 0.6) is 0 Å². The molecule has 0 atom stereocenters. The minimum Gasteiger partial charge on any atom is -0.280 e. The fourth-order valence-electron chi connectivity index (χ4n) is 3.29. The molecule has 3 rings (SSSR count). The highest BCUT2D eigenvalue weighted by molar-refractivity contribution is 7.92. The monoisotopic (exact) mass is 408 g/mol. The fourth-order valence-corrected chi connectivity index (χ4v) is 5.32. The highest BCUT2D eigenvalue weighted by atomic mass is 32.2. The molecule has 6 nitrogen and oxygen atoms in total. The van der Waals surface area contributed by atoms with Crippen LogP contribution in [0.15, 0.2) is 47.4 Å². The van der Waals surface area contributed by atoms with E-state index in [2.05, 4.69) is 11.6 Å². The van der Waals surface area contributed by atoms with Crippen LogP contribution in [0.4, 0.5) is 11.4 Å². The van der Waals surface area contributed by atoms with Crippen LogP contribution in [-0.4, -0.2) is 29.6 Å². The van der Waals surface area contributed by atoms with Gasteiger partial charge in [0, 0.05) is 6.54 Å². The normalized spacial score (nSPS) is 14.7. The van der Waals surface area contributed by atoms with Gasteiger partial charge in [-0.3, -0.25) is 9.03 Å². The Hall–Kier alpha value is -2.06. The molecule has 27 heavy (non-hydrogen) atoms. The predicted octanol–water partition coefficient (Wildman–Crippen LogP) is 3.15. The van der Waals surface area contributed by atoms with Crippen molar-refractivity contribution < 1.29 is 16.8 Å². The van der Waals surface area contributed by atoms with Crippen molar-refractivity contribution in [3.8, 4) is 0 Å². The minimum absolute atomic E-state index is 0.181. The van der Waals surface area contributed by atoms with E-state index in [1.165, 1.54) is 4.31 Å². The molecule has 0 aliphatic carbocycles. The second kappa shape index (κ2) is 7.52. The zero-order valence-corrected chi connectivity index (χ0v) is 17.1. The molecule has 0 spiro atoms. The zero-order chi connectivity index (χ0) is 19.7. The molecule has 0 radical (unpaired) electrons. The molecule has 8 heteroatoms. The van der Waals surface area contributed by atoms with E-state index in [4.69, 9.17) is 0 Å². The van der Waals surface area contributed by atoms with Gasteiger partial charge in [-0.25, -0.2) is 16.8 Å². The van der Waals surface area contributed by atoms with Crippen LogP contribution in [0.2, 0.25) is 0 Å². The van der Waals surface area contributed by atoms with Crippen LogP contribution >= 0.6 is 0 Å². The van der Waals surface area contributed by atoms with Crippen molar-refractivity contribution in [3.05, 3.63) is 53.6 Å². The second-order valence-corrected chi connectivity index (χ2v) is 10.4. The first-order chi connectivity index (χ1) is 12.7. The van der Waals surface area contributed by atoms with Gasteiger partial charge in [-0.2, -0.15) is 0 Å². The van der Waals surface area contributed by atoms with Gasteiger partial charge < -0.3 is 0 Å². The van der Waals surface area contributed by atoms with Crippen LogP contribution in [-0.2, 0) is 32.9 Å². The SMILES string of the molecule is CCCc1ccc(S(=O)(=O)Nc2ccc3c(c2)N(S(C)(=O)=O)CCC3)cc1. The first-order valence-corrected chi connectivity index (χ1v) is 12.3. The first kappa shape index (κ1) is 19.7. The molecule has 0 saturated heterocycles. The van der Waals surface area contributed by atoms with Crippen molar-refractivity contribution in [2.24, 2.45) is 0 Å². The molecule has 2 aromatic carbocycles. The average molecular weight is 409 g/mol. The highest BCUT2D eigenvalue weighted by Crippen LogP contribution is 2.32. The molecule has 1 heterocycles. The third-order valence-electron chi connectivity index (χ3n) is 4.59. The Bertz CT molecular complexity index is 1030. The Balaban J connectivity index is 1.89. The molecule has 1 aliphatic rings. The molecule has 0 amide bonds. The topological polar surface area (TPSA) is 83.6 Å². The summed E-state index contributed by atoms with van der Waals surface area (Å²) < 4.78 is 53.3. The van der Waals surface area contributed by atoms with Crippen LogP contribution < -0.4 is 9.03 Å². The summed E-state index contributed by atoms with van der Waals surface area (Å²) in [5, 5.41) is 0. The Morgan fingerprint density at radius 2 is 1.74 bits per heavy atom. The number of sulfonamides is 2. The van der Waals surface area contributed by atoms with Gasteiger partial charge in [0.15, 0.2) is 0 Å². The quantitative estimate of drug-likeness (QED) is 0.796. The summed E-state index contributed by atoms with van der Waals surface area (Å²) in [5.74, 6) is 0. The number of nitrogens with one attached hydrogen (secondary N) is 1. The van der Waals surface area contributed by atoms with Crippen molar-refractivity contribution in [2.75, 3.05) is 21.8 Å². The molecule has 0 aromatic heterocycles. The van der Waals surface area contributed by atoms with Crippen LogP contribution in [0.3, 0.4) is 0 Å². The van der Waals surface area contributed by atoms with Gasteiger partial charge in [0.25, 0.3) is 10.0 Å². The Labute approximate surface area is 161 Å². The third-order valence-corrected chi connectivity index (χ3v) is 7.16. The summed E-state index contributed by atoms with van der Waals surface area (Å²) in [6, 6.07) is 11.9. The Kier molecular flexibility index (Phi) is 5.48. The van der Waals surface area contributed by atoms with Crippen molar-refractivity contribution in [3.63, 3.8) is 0 Å². The number of anilines is 2. The molecule has 0 fully saturated rings. The number of hydrogen-bond donors (Lipinski definition) is 1. The fraction of sp³-hybridized carbons (Fsp3) is 0.368. The van der Waals surface area contributed by atoms with E-state index in [1.807, 2.05) is 12.1 Å². The highest BCUT2D eigenvalue weighted by Gasteiger charge is 2.25. The molecule has 1 N–H and O–H groups in total. The van der Waals surface area contributed by atoms with Crippen molar-refractivity contribution in [1.29, 1.82) is 0 Å². The van der Waals surface area contributed by atoms with Gasteiger partial charge in [-0.15, -0.1) is 0 Å². The van der Waals surface area contributed by atoms with Crippen LogP contribution in [0.1, 0.15) is 30.9 Å². The third kappa shape index (κ3) is 4.44. The summed E-state index contributed by atoms with van der Waals surface area (Å²) in [7, 11) is -7.15. The number of fused-ring (bicyclic) bond motifs is 1. The number of aryl methyl sites for hydroxylation is 2. The number of benzene rings is 2. The zero-order valence-electron chi connectivity index (χ0n) is 15.5. The lowest BCUT2D eigenvalue weighted by Gasteiger charge is -2.29. The smallest absolute Gasteiger partial charge is 0.261 e. The largest absolute Gasteiger partial charge is 0.280 e. The molecule has 1 aliphatic heterocycles. The molecule has 0 bridgehead atoms. The molecule has 0 saturated carbocycles. The van der Waals surface area contributed by atoms with Gasteiger partial charge in [-0.05, 0) is 54.7 Å². The molecule has 146 valence electrons. The number of hydrogen-bond acceptors (Lipinski definition) is 4. The van der Waals surface area contributed by atoms with Gasteiger partial charge >= 0.3 is 0 Å². The lowest BCUT2D eigenvalue weighted by atomic mass is 10.0. The lowest BCUT2D eigenvalue weighted by Crippen LogP contribution is -2.34. The standard InChI is InChI=1S/C19H24N2O4S2/c1-3-5-15-7-11-18(12-8-15)27(24,25)20-17-10-9-16-6-4-13-21(19(16)14-17)26(2,22)23/h7-12,14,20H,3-6,13H2,1-2H3. The van der Waals surface area contributed by atoms with Gasteiger partial charge in [-0.1, -0.05) is 31.5 Å². The van der Waals surface area contributed by atoms with E-state index < -0.39 is 20.0 Å². The summed E-state index contributed by atoms with van der Waals surface area (Å²) in [4.78, 5) is 0.181. The van der Waals surface area contributed by atoms with E-state index in [1.54, 1.807) is 30.3 Å².